The molecule has 2 N–H and O–H groups in total. The Morgan fingerprint density at radius 2 is 1.83 bits per heavy atom. The molecule has 0 unspecified atom stereocenters. The first kappa shape index (κ1) is 12.7. The van der Waals surface area contributed by atoms with Crippen LogP contribution in [-0.4, -0.2) is 4.92 Å². The third-order valence-corrected chi connectivity index (χ3v) is 3.03. The van der Waals surface area contributed by atoms with Gasteiger partial charge in [-0.05, 0) is 29.8 Å². The van der Waals surface area contributed by atoms with E-state index in [-0.39, 0.29) is 11.4 Å². The predicted octanol–water partition coefficient (Wildman–Crippen LogP) is 4.15. The molecule has 0 atom stereocenters. The molecule has 0 aliphatic rings. The van der Waals surface area contributed by atoms with Gasteiger partial charge in [-0.15, -0.1) is 0 Å². The van der Waals surface area contributed by atoms with Gasteiger partial charge in [-0.25, -0.2) is 0 Å². The largest absolute Gasteiger partial charge is 0.393 e. The van der Waals surface area contributed by atoms with E-state index in [0.717, 1.165) is 0 Å². The number of hydrogen-bond donors (Lipinski definition) is 1. The summed E-state index contributed by atoms with van der Waals surface area (Å²) in [6.45, 7) is 0. The van der Waals surface area contributed by atoms with Crippen LogP contribution >= 0.6 is 23.2 Å². The van der Waals surface area contributed by atoms with Gasteiger partial charge in [0, 0.05) is 21.7 Å². The molecule has 6 heteroatoms. The van der Waals surface area contributed by atoms with Gasteiger partial charge in [0.1, 0.15) is 5.69 Å². The molecule has 0 heterocycles. The third kappa shape index (κ3) is 2.39. The fourth-order valence-electron chi connectivity index (χ4n) is 1.59. The van der Waals surface area contributed by atoms with Crippen molar-refractivity contribution in [2.24, 2.45) is 0 Å². The smallest absolute Gasteiger partial charge is 0.292 e. The van der Waals surface area contributed by atoms with Crippen LogP contribution < -0.4 is 5.73 Å². The van der Waals surface area contributed by atoms with E-state index in [9.17, 15) is 10.1 Å². The molecule has 2 rings (SSSR count). The van der Waals surface area contributed by atoms with E-state index in [1.54, 1.807) is 24.3 Å². The Bertz CT molecular complexity index is 629. The van der Waals surface area contributed by atoms with E-state index < -0.39 is 4.92 Å². The molecular weight excluding hydrogens is 275 g/mol. The van der Waals surface area contributed by atoms with E-state index in [4.69, 9.17) is 28.9 Å². The Hall–Kier alpha value is -1.78. The van der Waals surface area contributed by atoms with Gasteiger partial charge < -0.3 is 5.73 Å². The van der Waals surface area contributed by atoms with Crippen molar-refractivity contribution in [3.63, 3.8) is 0 Å². The quantitative estimate of drug-likeness (QED) is 0.511. The van der Waals surface area contributed by atoms with Crippen LogP contribution in [0.4, 0.5) is 11.4 Å². The van der Waals surface area contributed by atoms with E-state index in [1.807, 2.05) is 0 Å². The van der Waals surface area contributed by atoms with Crippen molar-refractivity contribution in [3.8, 4) is 11.1 Å². The molecule has 0 saturated carbocycles. The van der Waals surface area contributed by atoms with Gasteiger partial charge in [0.2, 0.25) is 0 Å². The van der Waals surface area contributed by atoms with Gasteiger partial charge in [0.05, 0.1) is 4.92 Å². The molecule has 0 aliphatic heterocycles. The van der Waals surface area contributed by atoms with Gasteiger partial charge >= 0.3 is 0 Å². The van der Waals surface area contributed by atoms with Gasteiger partial charge in [-0.3, -0.25) is 10.1 Å². The summed E-state index contributed by atoms with van der Waals surface area (Å²) in [5.74, 6) is 0. The minimum absolute atomic E-state index is 0.113. The molecule has 92 valence electrons. The van der Waals surface area contributed by atoms with Crippen LogP contribution in [0, 0.1) is 10.1 Å². The van der Waals surface area contributed by atoms with Crippen molar-refractivity contribution in [1.29, 1.82) is 0 Å². The summed E-state index contributed by atoms with van der Waals surface area (Å²) in [6.07, 6.45) is 0. The Labute approximate surface area is 113 Å². The van der Waals surface area contributed by atoms with Gasteiger partial charge in [-0.2, -0.15) is 0 Å². The first-order valence-electron chi connectivity index (χ1n) is 4.98. The molecule has 0 bridgehead atoms. The lowest BCUT2D eigenvalue weighted by Crippen LogP contribution is -1.95. The standard InChI is InChI=1S/C12H8Cl2N2O2/c13-8-2-3-10(14)9(6-8)7-1-4-11(15)12(5-7)16(17)18/h1-6H,15H2. The summed E-state index contributed by atoms with van der Waals surface area (Å²) in [6, 6.07) is 9.47. The number of nitrogens with zero attached hydrogens (tertiary/aromatic N) is 1. The minimum Gasteiger partial charge on any atom is -0.393 e. The zero-order valence-electron chi connectivity index (χ0n) is 9.06. The highest BCUT2D eigenvalue weighted by Gasteiger charge is 2.14. The minimum atomic E-state index is -0.530. The van der Waals surface area contributed by atoms with Crippen LogP contribution in [0.2, 0.25) is 10.0 Å². The summed E-state index contributed by atoms with van der Waals surface area (Å²) < 4.78 is 0. The number of hydrogen-bond acceptors (Lipinski definition) is 3. The predicted molar refractivity (Wildman–Crippen MR) is 73.0 cm³/mol. The molecule has 0 saturated heterocycles. The van der Waals surface area contributed by atoms with Gasteiger partial charge in [-0.1, -0.05) is 29.3 Å². The Balaban J connectivity index is 2.61. The Morgan fingerprint density at radius 1 is 1.11 bits per heavy atom. The number of anilines is 1. The highest BCUT2D eigenvalue weighted by molar-refractivity contribution is 6.35. The van der Waals surface area contributed by atoms with Crippen LogP contribution in [0.3, 0.4) is 0 Å². The Kier molecular flexibility index (Phi) is 3.41. The zero-order chi connectivity index (χ0) is 13.3. The van der Waals surface area contributed by atoms with Crippen molar-refractivity contribution in [2.75, 3.05) is 5.73 Å². The highest BCUT2D eigenvalue weighted by atomic mass is 35.5. The van der Waals surface area contributed by atoms with Crippen molar-refractivity contribution in [3.05, 3.63) is 56.6 Å². The first-order valence-corrected chi connectivity index (χ1v) is 5.74. The molecule has 0 amide bonds. The van der Waals surface area contributed by atoms with E-state index in [0.29, 0.717) is 21.2 Å². The number of halogens is 2. The molecule has 4 nitrogen and oxygen atoms in total. The maximum atomic E-state index is 10.8. The molecule has 0 radical (unpaired) electrons. The monoisotopic (exact) mass is 282 g/mol. The van der Waals surface area contributed by atoms with Crippen LogP contribution in [0.15, 0.2) is 36.4 Å². The lowest BCUT2D eigenvalue weighted by Gasteiger charge is -2.06. The highest BCUT2D eigenvalue weighted by Crippen LogP contribution is 2.34. The van der Waals surface area contributed by atoms with Crippen molar-refractivity contribution in [2.45, 2.75) is 0 Å². The van der Waals surface area contributed by atoms with Crippen molar-refractivity contribution in [1.82, 2.24) is 0 Å². The second kappa shape index (κ2) is 4.84. The number of nitrogens with two attached hydrogens (primary N) is 1. The van der Waals surface area contributed by atoms with Crippen LogP contribution in [0.1, 0.15) is 0 Å². The number of rotatable bonds is 2. The lowest BCUT2D eigenvalue weighted by atomic mass is 10.0. The van der Waals surface area contributed by atoms with E-state index in [1.165, 1.54) is 12.1 Å². The van der Waals surface area contributed by atoms with Crippen LogP contribution in [0.5, 0.6) is 0 Å². The lowest BCUT2D eigenvalue weighted by molar-refractivity contribution is -0.383. The second-order valence-electron chi connectivity index (χ2n) is 3.65. The molecule has 2 aromatic carbocycles. The SMILES string of the molecule is Nc1ccc(-c2cc(Cl)ccc2Cl)cc1[N+](=O)[O-]. The average Bonchev–Trinajstić information content (AvgIpc) is 2.33. The topological polar surface area (TPSA) is 69.2 Å². The van der Waals surface area contributed by atoms with Gasteiger partial charge in [0.15, 0.2) is 0 Å². The summed E-state index contributed by atoms with van der Waals surface area (Å²) in [7, 11) is 0. The molecular formula is C12H8Cl2N2O2. The average molecular weight is 283 g/mol. The maximum absolute atomic E-state index is 10.8. The van der Waals surface area contributed by atoms with Gasteiger partial charge in [0.25, 0.3) is 5.69 Å². The summed E-state index contributed by atoms with van der Waals surface area (Å²) in [5, 5.41) is 11.8. The van der Waals surface area contributed by atoms with E-state index >= 15 is 0 Å². The fraction of sp³-hybridized carbons (Fsp3) is 0. The summed E-state index contributed by atoms with van der Waals surface area (Å²) >= 11 is 11.9. The van der Waals surface area contributed by atoms with E-state index in [2.05, 4.69) is 0 Å². The molecule has 18 heavy (non-hydrogen) atoms. The zero-order valence-corrected chi connectivity index (χ0v) is 10.6. The number of nitro groups is 1. The van der Waals surface area contributed by atoms with Crippen molar-refractivity contribution < 1.29 is 4.92 Å². The summed E-state index contributed by atoms with van der Waals surface area (Å²) in [4.78, 5) is 10.3. The van der Waals surface area contributed by atoms with Crippen molar-refractivity contribution >= 4 is 34.6 Å². The summed E-state index contributed by atoms with van der Waals surface area (Å²) in [5.41, 5.74) is 6.73. The number of nitro benzene ring substituents is 1. The number of benzene rings is 2. The molecule has 0 aromatic heterocycles. The normalized spacial score (nSPS) is 10.3. The molecule has 0 spiro atoms. The maximum Gasteiger partial charge on any atom is 0.292 e. The molecule has 2 aromatic rings. The molecule has 0 aliphatic carbocycles. The third-order valence-electron chi connectivity index (χ3n) is 2.47. The Morgan fingerprint density at radius 3 is 2.50 bits per heavy atom. The second-order valence-corrected chi connectivity index (χ2v) is 4.50. The molecule has 0 fully saturated rings. The van der Waals surface area contributed by atoms with Crippen LogP contribution in [0.25, 0.3) is 11.1 Å². The first-order chi connectivity index (χ1) is 8.49. The number of nitrogen functional groups attached to an aromatic ring is 1. The van der Waals surface area contributed by atoms with Crippen LogP contribution in [-0.2, 0) is 0 Å². The fourth-order valence-corrected chi connectivity index (χ4v) is 1.99.